The zero-order valence-corrected chi connectivity index (χ0v) is 12.4. The van der Waals surface area contributed by atoms with Crippen molar-refractivity contribution < 1.29 is 4.79 Å². The molecule has 0 radical (unpaired) electrons. The molecular formula is C17H21N3O. The molecule has 1 heterocycles. The molecule has 3 rings (SSSR count). The number of nitrogens with zero attached hydrogens (tertiary/aromatic N) is 1. The van der Waals surface area contributed by atoms with E-state index < -0.39 is 0 Å². The third-order valence-corrected chi connectivity index (χ3v) is 4.79. The molecule has 0 saturated heterocycles. The lowest BCUT2D eigenvalue weighted by Gasteiger charge is -2.41. The van der Waals surface area contributed by atoms with Gasteiger partial charge in [0.15, 0.2) is 0 Å². The lowest BCUT2D eigenvalue weighted by molar-refractivity contribution is 0.0846. The summed E-state index contributed by atoms with van der Waals surface area (Å²) in [7, 11) is 0. The Labute approximate surface area is 124 Å². The maximum absolute atomic E-state index is 12.3. The van der Waals surface area contributed by atoms with Gasteiger partial charge in [0.1, 0.15) is 11.5 Å². The first-order chi connectivity index (χ1) is 10.1. The normalized spacial score (nSPS) is 16.4. The van der Waals surface area contributed by atoms with Crippen molar-refractivity contribution in [2.24, 2.45) is 5.41 Å². The molecule has 110 valence electrons. The lowest BCUT2D eigenvalue weighted by atomic mass is 9.67. The van der Waals surface area contributed by atoms with E-state index in [-0.39, 0.29) is 5.91 Å². The highest BCUT2D eigenvalue weighted by molar-refractivity contribution is 5.99. The van der Waals surface area contributed by atoms with Crippen LogP contribution in [0.3, 0.4) is 0 Å². The molecule has 1 aromatic carbocycles. The number of carbonyl (C=O) groups excluding carboxylic acids is 1. The van der Waals surface area contributed by atoms with Crippen LogP contribution in [0, 0.1) is 5.41 Å². The monoisotopic (exact) mass is 283 g/mol. The summed E-state index contributed by atoms with van der Waals surface area (Å²) in [6, 6.07) is 9.52. The maximum Gasteiger partial charge on any atom is 0.270 e. The molecule has 1 saturated carbocycles. The van der Waals surface area contributed by atoms with Crippen LogP contribution in [0.25, 0.3) is 10.8 Å². The molecule has 1 aliphatic rings. The number of aromatic nitrogens is 1. The smallest absolute Gasteiger partial charge is 0.270 e. The topological polar surface area (TPSA) is 68.0 Å². The number of hydrogen-bond acceptors (Lipinski definition) is 3. The Morgan fingerprint density at radius 1 is 1.38 bits per heavy atom. The minimum atomic E-state index is -0.132. The van der Waals surface area contributed by atoms with Gasteiger partial charge in [-0.2, -0.15) is 0 Å². The molecule has 1 aromatic heterocycles. The average Bonchev–Trinajstić information content (AvgIpc) is 2.46. The highest BCUT2D eigenvalue weighted by atomic mass is 16.1. The van der Waals surface area contributed by atoms with Gasteiger partial charge in [0.2, 0.25) is 0 Å². The predicted molar refractivity (Wildman–Crippen MR) is 85.1 cm³/mol. The molecule has 3 N–H and O–H groups in total. The Balaban J connectivity index is 1.78. The van der Waals surface area contributed by atoms with Gasteiger partial charge in [-0.25, -0.2) is 4.98 Å². The first kappa shape index (κ1) is 13.9. The van der Waals surface area contributed by atoms with Crippen LogP contribution in [0.15, 0.2) is 30.3 Å². The molecule has 0 atom stereocenters. The van der Waals surface area contributed by atoms with Gasteiger partial charge in [-0.15, -0.1) is 0 Å². The molecule has 1 aliphatic carbocycles. The Morgan fingerprint density at radius 3 is 2.81 bits per heavy atom. The zero-order valence-electron chi connectivity index (χ0n) is 12.4. The van der Waals surface area contributed by atoms with Crippen molar-refractivity contribution in [3.05, 3.63) is 36.0 Å². The number of nitrogens with two attached hydrogens (primary N) is 1. The van der Waals surface area contributed by atoms with Crippen molar-refractivity contribution in [1.82, 2.24) is 10.3 Å². The number of nitrogen functional groups attached to an aromatic ring is 1. The van der Waals surface area contributed by atoms with Crippen molar-refractivity contribution >= 4 is 22.5 Å². The number of hydrogen-bond donors (Lipinski definition) is 2. The van der Waals surface area contributed by atoms with E-state index >= 15 is 0 Å². The van der Waals surface area contributed by atoms with E-state index in [4.69, 9.17) is 5.73 Å². The molecular weight excluding hydrogens is 262 g/mol. The van der Waals surface area contributed by atoms with Crippen LogP contribution in [-0.4, -0.2) is 17.4 Å². The van der Waals surface area contributed by atoms with E-state index in [0.29, 0.717) is 16.9 Å². The summed E-state index contributed by atoms with van der Waals surface area (Å²) in [6.45, 7) is 2.92. The van der Waals surface area contributed by atoms with Crippen molar-refractivity contribution in [2.75, 3.05) is 12.3 Å². The van der Waals surface area contributed by atoms with Crippen LogP contribution in [0.2, 0.25) is 0 Å². The number of nitrogens with one attached hydrogen (secondary N) is 1. The molecule has 1 amide bonds. The molecule has 4 nitrogen and oxygen atoms in total. The largest absolute Gasteiger partial charge is 0.383 e. The molecule has 0 aliphatic heterocycles. The third-order valence-electron chi connectivity index (χ3n) is 4.79. The van der Waals surface area contributed by atoms with Crippen LogP contribution < -0.4 is 11.1 Å². The van der Waals surface area contributed by atoms with Crippen LogP contribution >= 0.6 is 0 Å². The number of pyridine rings is 1. The Kier molecular flexibility index (Phi) is 3.53. The summed E-state index contributed by atoms with van der Waals surface area (Å²) in [5.41, 5.74) is 6.65. The second-order valence-electron chi connectivity index (χ2n) is 6.00. The molecule has 0 bridgehead atoms. The molecule has 1 fully saturated rings. The number of rotatable bonds is 4. The van der Waals surface area contributed by atoms with Gasteiger partial charge < -0.3 is 11.1 Å². The Hall–Kier alpha value is -2.10. The fourth-order valence-corrected chi connectivity index (χ4v) is 3.03. The fourth-order valence-electron chi connectivity index (χ4n) is 3.03. The van der Waals surface area contributed by atoms with Crippen molar-refractivity contribution in [3.63, 3.8) is 0 Å². The number of benzene rings is 1. The van der Waals surface area contributed by atoms with E-state index in [0.717, 1.165) is 23.7 Å². The first-order valence-electron chi connectivity index (χ1n) is 7.57. The van der Waals surface area contributed by atoms with Gasteiger partial charge in [-0.3, -0.25) is 4.79 Å². The fraction of sp³-hybridized carbons (Fsp3) is 0.412. The third kappa shape index (κ3) is 2.58. The maximum atomic E-state index is 12.3. The predicted octanol–water partition coefficient (Wildman–Crippen LogP) is 3.13. The second-order valence-corrected chi connectivity index (χ2v) is 6.00. The van der Waals surface area contributed by atoms with Crippen molar-refractivity contribution in [2.45, 2.75) is 32.6 Å². The van der Waals surface area contributed by atoms with Gasteiger partial charge in [0.25, 0.3) is 5.91 Å². The highest BCUT2D eigenvalue weighted by Crippen LogP contribution is 2.43. The molecule has 0 spiro atoms. The summed E-state index contributed by atoms with van der Waals surface area (Å²) in [5, 5.41) is 4.86. The van der Waals surface area contributed by atoms with Gasteiger partial charge in [0, 0.05) is 11.9 Å². The van der Waals surface area contributed by atoms with Gasteiger partial charge in [0.05, 0.1) is 0 Å². The van der Waals surface area contributed by atoms with E-state index in [9.17, 15) is 4.79 Å². The summed E-state index contributed by atoms with van der Waals surface area (Å²) in [4.78, 5) is 16.6. The summed E-state index contributed by atoms with van der Waals surface area (Å²) in [5.74, 6) is 0.277. The van der Waals surface area contributed by atoms with E-state index in [1.165, 1.54) is 19.3 Å². The SMILES string of the molecule is CCC1(CNC(=O)c2cc3ccccc3c(N)n2)CCC1. The van der Waals surface area contributed by atoms with Crippen LogP contribution in [0.5, 0.6) is 0 Å². The average molecular weight is 283 g/mol. The first-order valence-corrected chi connectivity index (χ1v) is 7.57. The van der Waals surface area contributed by atoms with Crippen molar-refractivity contribution in [1.29, 1.82) is 0 Å². The molecule has 21 heavy (non-hydrogen) atoms. The molecule has 0 unspecified atom stereocenters. The summed E-state index contributed by atoms with van der Waals surface area (Å²) >= 11 is 0. The van der Waals surface area contributed by atoms with Gasteiger partial charge in [-0.05, 0) is 36.1 Å². The lowest BCUT2D eigenvalue weighted by Crippen LogP contribution is -2.41. The van der Waals surface area contributed by atoms with Crippen molar-refractivity contribution in [3.8, 4) is 0 Å². The van der Waals surface area contributed by atoms with Gasteiger partial charge in [-0.1, -0.05) is 37.6 Å². The summed E-state index contributed by atoms with van der Waals surface area (Å²) in [6.07, 6.45) is 4.79. The number of anilines is 1. The minimum absolute atomic E-state index is 0.132. The summed E-state index contributed by atoms with van der Waals surface area (Å²) < 4.78 is 0. The minimum Gasteiger partial charge on any atom is -0.383 e. The number of fused-ring (bicyclic) bond motifs is 1. The molecule has 4 heteroatoms. The number of amides is 1. The van der Waals surface area contributed by atoms with Crippen LogP contribution in [0.4, 0.5) is 5.82 Å². The second kappa shape index (κ2) is 5.35. The van der Waals surface area contributed by atoms with E-state index in [1.54, 1.807) is 6.07 Å². The standard InChI is InChI=1S/C17H21N3O/c1-2-17(8-5-9-17)11-19-16(21)14-10-12-6-3-4-7-13(12)15(18)20-14/h3-4,6-7,10H,2,5,8-9,11H2,1H3,(H2,18,20)(H,19,21). The Bertz CT molecular complexity index is 671. The molecule has 2 aromatic rings. The van der Waals surface area contributed by atoms with E-state index in [1.807, 2.05) is 24.3 Å². The van der Waals surface area contributed by atoms with E-state index in [2.05, 4.69) is 17.2 Å². The van der Waals surface area contributed by atoms with Gasteiger partial charge >= 0.3 is 0 Å². The number of carbonyl (C=O) groups is 1. The zero-order chi connectivity index (χ0) is 14.9. The highest BCUT2D eigenvalue weighted by Gasteiger charge is 2.35. The van der Waals surface area contributed by atoms with Crippen LogP contribution in [-0.2, 0) is 0 Å². The Morgan fingerprint density at radius 2 is 2.14 bits per heavy atom. The van der Waals surface area contributed by atoms with Crippen LogP contribution in [0.1, 0.15) is 43.1 Å². The quantitative estimate of drug-likeness (QED) is 0.905.